The van der Waals surface area contributed by atoms with E-state index in [1.54, 1.807) is 17.7 Å². The van der Waals surface area contributed by atoms with Crippen LogP contribution in [-0.2, 0) is 10.8 Å². The maximum absolute atomic E-state index is 10.4. The van der Waals surface area contributed by atoms with Gasteiger partial charge < -0.3 is 4.74 Å². The predicted octanol–water partition coefficient (Wildman–Crippen LogP) is 17.5. The molecule has 14 rings (SSSR count). The Bertz CT molecular complexity index is 3870. The summed E-state index contributed by atoms with van der Waals surface area (Å²) in [5.41, 5.74) is 19.7. The van der Waals surface area contributed by atoms with Crippen LogP contribution in [0, 0.1) is 0 Å². The van der Waals surface area contributed by atoms with Crippen molar-refractivity contribution >= 4 is 37.5 Å². The van der Waals surface area contributed by atoms with Crippen molar-refractivity contribution in [2.24, 2.45) is 0 Å². The Hall–Kier alpha value is -6.89. The number of imidazole rings is 1. The van der Waals surface area contributed by atoms with Gasteiger partial charge in [0, 0.05) is 53.1 Å². The van der Waals surface area contributed by atoms with Gasteiger partial charge >= 0.3 is 0 Å². The number of hydrogen-bond acceptors (Lipinski definition) is 5. The smallest absolute Gasteiger partial charge is 0.195 e. The van der Waals surface area contributed by atoms with Crippen LogP contribution in [-0.4, -0.2) is 19.4 Å². The van der Waals surface area contributed by atoms with Crippen molar-refractivity contribution in [1.82, 2.24) is 19.4 Å². The van der Waals surface area contributed by atoms with Gasteiger partial charge in [-0.05, 0) is 130 Å². The molecule has 4 heterocycles. The number of thiazole rings is 1. The van der Waals surface area contributed by atoms with Gasteiger partial charge in [-0.15, -0.1) is 0 Å². The highest BCUT2D eigenvalue weighted by atomic mass is 32.1. The van der Waals surface area contributed by atoms with Crippen LogP contribution in [0.1, 0.15) is 116 Å². The van der Waals surface area contributed by atoms with E-state index in [1.807, 2.05) is 6.20 Å². The molecule has 0 spiro atoms. The molecule has 0 amide bonds. The third kappa shape index (κ3) is 6.03. The number of aromatic nitrogens is 4. The minimum atomic E-state index is -0.778. The molecule has 2 saturated carbocycles. The van der Waals surface area contributed by atoms with Gasteiger partial charge in [0.05, 0.1) is 26.9 Å². The first-order chi connectivity index (χ1) is 34.4. The van der Waals surface area contributed by atoms with Crippen LogP contribution in [0.15, 0.2) is 146 Å². The van der Waals surface area contributed by atoms with Gasteiger partial charge in [0.15, 0.2) is 4.96 Å². The van der Waals surface area contributed by atoms with Gasteiger partial charge in [-0.1, -0.05) is 156 Å². The molecule has 0 atom stereocenters. The fraction of sp³-hybridized carbons (Fsp3) is 0.254. The number of benzene rings is 7. The summed E-state index contributed by atoms with van der Waals surface area (Å²) in [5, 5.41) is 0. The zero-order chi connectivity index (χ0) is 48.0. The summed E-state index contributed by atoms with van der Waals surface area (Å²) in [6.07, 6.45) is 11.1. The summed E-state index contributed by atoms with van der Waals surface area (Å²) in [6.45, 7) is 9.50. The second kappa shape index (κ2) is 15.3. The Morgan fingerprint density at radius 3 is 2.01 bits per heavy atom. The van der Waals surface area contributed by atoms with Crippen molar-refractivity contribution in [3.63, 3.8) is 0 Å². The Balaban J connectivity index is 0.995. The minimum absolute atomic E-state index is 0.405. The molecular weight excluding hydrogens is 861 g/mol. The van der Waals surface area contributed by atoms with Crippen LogP contribution in [0.2, 0.25) is 0 Å². The molecule has 338 valence electrons. The summed E-state index contributed by atoms with van der Waals surface area (Å²) in [5.74, 6) is 0.243. The van der Waals surface area contributed by atoms with Crippen molar-refractivity contribution in [3.8, 4) is 78.4 Å². The molecule has 0 radical (unpaired) electrons. The molecule has 3 aliphatic carbocycles. The lowest BCUT2D eigenvalue weighted by Gasteiger charge is -2.41. The molecule has 6 heteroatoms. The monoisotopic (exact) mass is 916 g/mol. The van der Waals surface area contributed by atoms with E-state index >= 15 is 0 Å². The number of ether oxygens (including phenoxy) is 1. The summed E-state index contributed by atoms with van der Waals surface area (Å²) in [7, 11) is 0. The first-order valence-electron chi connectivity index (χ1n) is 25.9. The molecule has 2 fully saturated rings. The second-order valence-electron chi connectivity index (χ2n) is 20.8. The highest BCUT2D eigenvalue weighted by Crippen LogP contribution is 2.58. The van der Waals surface area contributed by atoms with Crippen LogP contribution >= 0.6 is 11.3 Å². The number of hydrogen-bond donors (Lipinski definition) is 0. The highest BCUT2D eigenvalue weighted by molar-refractivity contribution is 7.24. The van der Waals surface area contributed by atoms with Crippen LogP contribution in [0.4, 0.5) is 0 Å². The van der Waals surface area contributed by atoms with Gasteiger partial charge in [-0.25, -0.2) is 15.0 Å². The number of para-hydroxylation sites is 3. The molecule has 5 nitrogen and oxygen atoms in total. The lowest BCUT2D eigenvalue weighted by atomic mass is 9.60. The summed E-state index contributed by atoms with van der Waals surface area (Å²) in [4.78, 5) is 15.6. The van der Waals surface area contributed by atoms with Gasteiger partial charge in [0.2, 0.25) is 0 Å². The van der Waals surface area contributed by atoms with E-state index in [4.69, 9.17) is 14.7 Å². The zero-order valence-corrected chi connectivity index (χ0v) is 40.4. The quantitative estimate of drug-likeness (QED) is 0.176. The maximum atomic E-state index is 10.4. The first kappa shape index (κ1) is 39.0. The average Bonchev–Trinajstić information content (AvgIpc) is 4.20. The number of rotatable bonds is 4. The van der Waals surface area contributed by atoms with Crippen molar-refractivity contribution in [1.29, 1.82) is 0 Å². The fourth-order valence-corrected chi connectivity index (χ4v) is 13.8. The number of fused-ring (bicyclic) bond motifs is 15. The lowest BCUT2D eigenvalue weighted by molar-refractivity contribution is 0.306. The third-order valence-electron chi connectivity index (χ3n) is 16.8. The van der Waals surface area contributed by atoms with E-state index in [-0.39, 0.29) is 0 Å². The Labute approximate surface area is 410 Å². The van der Waals surface area contributed by atoms with Crippen molar-refractivity contribution in [3.05, 3.63) is 168 Å². The van der Waals surface area contributed by atoms with Gasteiger partial charge in [0.25, 0.3) is 0 Å². The van der Waals surface area contributed by atoms with Crippen molar-refractivity contribution < 1.29 is 7.48 Å². The topological polar surface area (TPSA) is 52.3 Å². The lowest BCUT2D eigenvalue weighted by Crippen LogP contribution is -2.39. The SMILES string of the molecule is [2H]C1(c2cc3c(cc2-c2cccc4c2Oc2ccc(-c5c(C6([2H])CCCC6)ccc6c5sc5nc7ccccc7n56)cc2C(C)(C)C4(C)C)-c2ccccc2-c2ncncc2-c2ccccc2-3)CCCC1. The normalized spacial score (nSPS) is 18.4. The largest absolute Gasteiger partial charge is 0.456 e. The van der Waals surface area contributed by atoms with Gasteiger partial charge in [0.1, 0.15) is 17.8 Å². The molecule has 69 heavy (non-hydrogen) atoms. The number of nitrogens with zero attached hydrogens (tertiary/aromatic N) is 4. The molecule has 4 aliphatic rings. The predicted molar refractivity (Wildman–Crippen MR) is 285 cm³/mol. The van der Waals surface area contributed by atoms with Gasteiger partial charge in [-0.3, -0.25) is 4.40 Å². The molecular formula is C63H54N4OS. The Morgan fingerprint density at radius 1 is 0.580 bits per heavy atom. The van der Waals surface area contributed by atoms with Crippen LogP contribution in [0.3, 0.4) is 0 Å². The van der Waals surface area contributed by atoms with E-state index in [0.717, 1.165) is 174 Å². The van der Waals surface area contributed by atoms with E-state index in [2.05, 4.69) is 171 Å². The van der Waals surface area contributed by atoms with E-state index < -0.39 is 22.6 Å². The summed E-state index contributed by atoms with van der Waals surface area (Å²) in [6, 6.07) is 48.5. The third-order valence-corrected chi connectivity index (χ3v) is 17.9. The molecule has 7 aromatic carbocycles. The van der Waals surface area contributed by atoms with Crippen LogP contribution in [0.5, 0.6) is 11.5 Å². The van der Waals surface area contributed by atoms with Crippen molar-refractivity contribution in [2.75, 3.05) is 0 Å². The van der Waals surface area contributed by atoms with E-state index in [1.165, 1.54) is 4.70 Å². The van der Waals surface area contributed by atoms with Crippen molar-refractivity contribution in [2.45, 2.75) is 102 Å². The van der Waals surface area contributed by atoms with E-state index in [9.17, 15) is 2.74 Å². The second-order valence-corrected chi connectivity index (χ2v) is 21.8. The first-order valence-corrected chi connectivity index (χ1v) is 25.7. The molecule has 3 aromatic heterocycles. The molecule has 0 unspecified atom stereocenters. The molecule has 1 aliphatic heterocycles. The average molecular weight is 917 g/mol. The Morgan fingerprint density at radius 2 is 1.23 bits per heavy atom. The van der Waals surface area contributed by atoms with Gasteiger partial charge in [-0.2, -0.15) is 0 Å². The fourth-order valence-electron chi connectivity index (χ4n) is 12.5. The molecule has 0 saturated heterocycles. The molecule has 0 N–H and O–H groups in total. The standard InChI is InChI=1S/C63H54N4OS/c1-62(2)51-25-15-24-45(49-34-48-43-22-11-12-23-44(43)58-50(35-64-36-65-58)42-21-10-9-20-41(42)47(48)33-46(49)38-18-7-8-19-38)59(51)68-56-31-28-39(32-52(56)63(62,3)4)57-40(37-16-5-6-17-37)29-30-55-60(57)69-61-66-53-26-13-14-27-54(53)67(55)61/h9-15,20-38H,5-8,16-19H2,1-4H3/i37D,38D. The minimum Gasteiger partial charge on any atom is -0.456 e. The maximum Gasteiger partial charge on any atom is 0.195 e. The Kier molecular flexibility index (Phi) is 8.65. The summed E-state index contributed by atoms with van der Waals surface area (Å²) >= 11 is 1.74. The highest BCUT2D eigenvalue weighted by Gasteiger charge is 2.46. The van der Waals surface area contributed by atoms with E-state index in [0.29, 0.717) is 0 Å². The summed E-state index contributed by atoms with van der Waals surface area (Å²) < 4.78 is 31.4. The zero-order valence-electron chi connectivity index (χ0n) is 41.6. The molecule has 0 bridgehead atoms. The van der Waals surface area contributed by atoms with Crippen LogP contribution < -0.4 is 4.74 Å². The van der Waals surface area contributed by atoms with Crippen LogP contribution in [0.25, 0.3) is 93.1 Å². The molecule has 10 aromatic rings.